The number of esters is 2. The summed E-state index contributed by atoms with van der Waals surface area (Å²) in [5.41, 5.74) is 5.30. The van der Waals surface area contributed by atoms with E-state index >= 15 is 14.4 Å². The van der Waals surface area contributed by atoms with Crippen LogP contribution in [0.15, 0.2) is 224 Å². The van der Waals surface area contributed by atoms with Crippen LogP contribution in [0.3, 0.4) is 0 Å². The Morgan fingerprint density at radius 3 is 1.36 bits per heavy atom. The number of aryl methyl sites for hydroxylation is 2. The van der Waals surface area contributed by atoms with Crippen LogP contribution in [-0.4, -0.2) is 139 Å². The molecule has 11 rings (SSSR count). The Morgan fingerprint density at radius 1 is 0.444 bits per heavy atom. The van der Waals surface area contributed by atoms with Crippen LogP contribution < -0.4 is 10.4 Å². The zero-order valence-corrected chi connectivity index (χ0v) is 59.8. The number of nitrogens with zero attached hydrogens (tertiary/aromatic N) is 1. The maximum Gasteiger partial charge on any atom is 0.338 e. The van der Waals surface area contributed by atoms with Gasteiger partial charge < -0.3 is 51.8 Å². The molecule has 0 aliphatic carbocycles. The normalized spacial score (nSPS) is 21.8. The summed E-state index contributed by atoms with van der Waals surface area (Å²) in [7, 11) is -5.00. The van der Waals surface area contributed by atoms with Gasteiger partial charge in [-0.1, -0.05) is 240 Å². The Morgan fingerprint density at radius 2 is 0.869 bits per heavy atom. The quantitative estimate of drug-likeness (QED) is 0.0180. The molecule has 8 aromatic carbocycles. The highest BCUT2D eigenvalue weighted by Crippen LogP contribution is 2.41. The van der Waals surface area contributed by atoms with Gasteiger partial charge in [-0.05, 0) is 94.8 Å². The van der Waals surface area contributed by atoms with Gasteiger partial charge in [-0.25, -0.2) is 9.59 Å². The molecule has 3 aliphatic heterocycles. The lowest BCUT2D eigenvalue weighted by Gasteiger charge is -2.49. The van der Waals surface area contributed by atoms with E-state index in [9.17, 15) is 4.79 Å². The van der Waals surface area contributed by atoms with E-state index in [1.165, 1.54) is 0 Å². The SMILES string of the molecule is Cc1ccc(C(=O)O[C@H]2[C@H](OC(=O)c3ccc(C)cc3)[C@@H](CO[Si](c3ccccc3)(c3ccccc3)C(C)(C)C)O[C@@H](OCCCO[C@H]3[C@H](OCc4ccccc4)[C@@H](OCc4ccccc4)[C@H](OCC[Si](C)(C)C)O[C@@H]3COCc3ccccc3)[C@@H]2N2C(=O)c3ccccc3C2=O)cc1. The number of carbonyl (C=O) groups excluding carboxylic acids is 4. The third kappa shape index (κ3) is 17.9. The number of ether oxygens (including phenoxy) is 10. The Labute approximate surface area is 583 Å². The third-order valence-corrected chi connectivity index (χ3v) is 25.0. The van der Waals surface area contributed by atoms with E-state index in [2.05, 4.69) is 64.7 Å². The van der Waals surface area contributed by atoms with E-state index in [1.807, 2.05) is 141 Å². The topological polar surface area (TPSA) is 173 Å². The fraction of sp³-hybridized carbons (Fsp3) is 0.358. The summed E-state index contributed by atoms with van der Waals surface area (Å²) in [6, 6.07) is 69.4. The zero-order valence-electron chi connectivity index (χ0n) is 57.8. The molecular formula is C81H91NO15Si2. The lowest BCUT2D eigenvalue weighted by molar-refractivity contribution is -0.326. The average Bonchev–Trinajstić information content (AvgIpc) is 1.73. The van der Waals surface area contributed by atoms with Gasteiger partial charge >= 0.3 is 11.9 Å². The largest absolute Gasteiger partial charge is 0.452 e. The lowest BCUT2D eigenvalue weighted by atomic mass is 9.94. The first-order valence-corrected chi connectivity index (χ1v) is 39.8. The number of rotatable bonds is 30. The molecule has 18 heteroatoms. The van der Waals surface area contributed by atoms with Gasteiger partial charge in [0.1, 0.15) is 36.6 Å². The minimum atomic E-state index is -3.43. The van der Waals surface area contributed by atoms with Crippen LogP contribution in [-0.2, 0) is 71.6 Å². The molecule has 0 bridgehead atoms. The van der Waals surface area contributed by atoms with Crippen molar-refractivity contribution in [1.82, 2.24) is 4.90 Å². The first-order chi connectivity index (χ1) is 47.8. The van der Waals surface area contributed by atoms with Crippen molar-refractivity contribution in [1.29, 1.82) is 0 Å². The van der Waals surface area contributed by atoms with E-state index in [-0.39, 0.29) is 68.3 Å². The van der Waals surface area contributed by atoms with Gasteiger partial charge in [-0.3, -0.25) is 14.5 Å². The van der Waals surface area contributed by atoms with Crippen molar-refractivity contribution in [3.05, 3.63) is 275 Å². The second-order valence-corrected chi connectivity index (χ2v) is 37.7. The van der Waals surface area contributed by atoms with Gasteiger partial charge in [0.25, 0.3) is 20.1 Å². The number of hydrogen-bond donors (Lipinski definition) is 0. The highest BCUT2D eigenvalue weighted by atomic mass is 28.4. The van der Waals surface area contributed by atoms with Crippen molar-refractivity contribution >= 4 is 50.5 Å². The molecule has 0 unspecified atom stereocenters. The summed E-state index contributed by atoms with van der Waals surface area (Å²) < 4.78 is 76.6. The Kier molecular flexibility index (Phi) is 24.3. The van der Waals surface area contributed by atoms with E-state index in [0.717, 1.165) is 49.1 Å². The molecule has 8 aromatic rings. The van der Waals surface area contributed by atoms with Crippen LogP contribution >= 0.6 is 0 Å². The van der Waals surface area contributed by atoms with Gasteiger partial charge in [-0.2, -0.15) is 0 Å². The first kappa shape index (κ1) is 72.2. The first-order valence-electron chi connectivity index (χ1n) is 34.2. The molecule has 0 saturated carbocycles. The van der Waals surface area contributed by atoms with Crippen LogP contribution in [0.2, 0.25) is 30.7 Å². The highest BCUT2D eigenvalue weighted by Gasteiger charge is 2.59. The molecule has 0 N–H and O–H groups in total. The van der Waals surface area contributed by atoms with E-state index in [0.29, 0.717) is 13.2 Å². The maximum absolute atomic E-state index is 15.2. The molecule has 2 amide bonds. The van der Waals surface area contributed by atoms with Crippen molar-refractivity contribution < 1.29 is 71.0 Å². The van der Waals surface area contributed by atoms with Crippen LogP contribution in [0.25, 0.3) is 0 Å². The summed E-state index contributed by atoms with van der Waals surface area (Å²) in [4.78, 5) is 61.3. The molecule has 0 radical (unpaired) electrons. The Bertz CT molecular complexity index is 3820. The van der Waals surface area contributed by atoms with Crippen molar-refractivity contribution in [3.8, 4) is 0 Å². The second kappa shape index (κ2) is 33.4. The predicted octanol–water partition coefficient (Wildman–Crippen LogP) is 13.3. The van der Waals surface area contributed by atoms with Crippen LogP contribution in [0, 0.1) is 13.8 Å². The zero-order chi connectivity index (χ0) is 69.5. The number of amides is 2. The summed E-state index contributed by atoms with van der Waals surface area (Å²) >= 11 is 0. The predicted molar refractivity (Wildman–Crippen MR) is 383 cm³/mol. The average molecular weight is 1370 g/mol. The van der Waals surface area contributed by atoms with E-state index in [1.54, 1.807) is 72.8 Å². The number of carbonyl (C=O) groups is 4. The molecule has 10 atom stereocenters. The monoisotopic (exact) mass is 1370 g/mol. The smallest absolute Gasteiger partial charge is 0.338 e. The lowest BCUT2D eigenvalue weighted by Crippen LogP contribution is -2.70. The number of imide groups is 1. The molecule has 2 saturated heterocycles. The number of benzene rings is 8. The Balaban J connectivity index is 0.966. The molecule has 0 aromatic heterocycles. The molecule has 3 aliphatic rings. The van der Waals surface area contributed by atoms with Gasteiger partial charge in [0.15, 0.2) is 24.8 Å². The molecule has 518 valence electrons. The van der Waals surface area contributed by atoms with Gasteiger partial charge in [-0.15, -0.1) is 0 Å². The van der Waals surface area contributed by atoms with Crippen LogP contribution in [0.5, 0.6) is 0 Å². The van der Waals surface area contributed by atoms with E-state index < -0.39 is 107 Å². The summed E-state index contributed by atoms with van der Waals surface area (Å²) in [6.45, 7) is 18.1. The molecule has 99 heavy (non-hydrogen) atoms. The van der Waals surface area contributed by atoms with Gasteiger partial charge in [0, 0.05) is 21.3 Å². The van der Waals surface area contributed by atoms with Crippen molar-refractivity contribution in [2.75, 3.05) is 33.0 Å². The summed E-state index contributed by atoms with van der Waals surface area (Å²) in [6.07, 6.45) is -9.77. The molecule has 0 spiro atoms. The van der Waals surface area contributed by atoms with Crippen LogP contribution in [0.1, 0.15) is 96.4 Å². The van der Waals surface area contributed by atoms with Gasteiger partial charge in [0.05, 0.1) is 61.9 Å². The molecule has 3 heterocycles. The minimum Gasteiger partial charge on any atom is -0.452 e. The molecule has 2 fully saturated rings. The fourth-order valence-electron chi connectivity index (χ4n) is 13.0. The number of hydrogen-bond acceptors (Lipinski definition) is 15. The minimum absolute atomic E-state index is 0.0500. The maximum atomic E-state index is 15.2. The van der Waals surface area contributed by atoms with Crippen molar-refractivity contribution in [2.45, 2.75) is 153 Å². The third-order valence-electron chi connectivity index (χ3n) is 18.3. The van der Waals surface area contributed by atoms with Crippen molar-refractivity contribution in [2.24, 2.45) is 0 Å². The van der Waals surface area contributed by atoms with Gasteiger partial charge in [0.2, 0.25) is 0 Å². The Hall–Kier alpha value is -8.09. The second-order valence-electron chi connectivity index (χ2n) is 27.8. The van der Waals surface area contributed by atoms with E-state index in [4.69, 9.17) is 51.8 Å². The molecular weight excluding hydrogens is 1280 g/mol. The summed E-state index contributed by atoms with van der Waals surface area (Å²) in [5.74, 6) is -2.95. The fourth-order valence-corrected chi connectivity index (χ4v) is 18.3. The molecule has 16 nitrogen and oxygen atoms in total. The highest BCUT2D eigenvalue weighted by molar-refractivity contribution is 6.99. The van der Waals surface area contributed by atoms with Crippen LogP contribution in [0.4, 0.5) is 0 Å². The summed E-state index contributed by atoms with van der Waals surface area (Å²) in [5, 5.41) is 1.39. The number of fused-ring (bicyclic) bond motifs is 1. The van der Waals surface area contributed by atoms with Crippen molar-refractivity contribution in [3.63, 3.8) is 0 Å². The standard InChI is InChI=1S/C81H91NO15Si2/c1-56-39-43-61(44-40-56)77(85)96-71-68(55-93-99(81(3,4)5,63-33-20-12-21-34-63)64-35-22-13-23-36-64)94-79(69(72(71)97-78(86)62-45-41-57(2)42-46-62)82-75(83)65-37-24-25-38-66(65)76(82)84)89-48-26-47-88-70-67(54-87-51-58-27-14-9-15-28-58)95-80(90-49-50-98(6,7)8)74(92-53-60-31-18-11-19-32-60)73(70)91-52-59-29-16-10-17-30-59/h9-25,27-46,67-74,79-80H,26,47-55H2,1-8H3/t67-,68-,69-,70-,71-,72-,73+,74-,79-,80-/m1/s1.